The minimum absolute atomic E-state index is 0.129. The van der Waals surface area contributed by atoms with Crippen molar-refractivity contribution in [2.24, 2.45) is 11.8 Å². The number of hydrogen-bond acceptors (Lipinski definition) is 6. The number of hydrogen-bond donors (Lipinski definition) is 0. The number of pyridine rings is 1. The van der Waals surface area contributed by atoms with E-state index in [2.05, 4.69) is 31.9 Å². The second-order valence-electron chi connectivity index (χ2n) is 11.2. The van der Waals surface area contributed by atoms with Gasteiger partial charge in [-0.2, -0.15) is 0 Å². The fourth-order valence-electron chi connectivity index (χ4n) is 5.97. The first kappa shape index (κ1) is 30.6. The zero-order valence-corrected chi connectivity index (χ0v) is 27.7. The molecule has 5 atom stereocenters. The van der Waals surface area contributed by atoms with Gasteiger partial charge < -0.3 is 4.74 Å². The van der Waals surface area contributed by atoms with Crippen molar-refractivity contribution in [2.75, 3.05) is 4.90 Å². The summed E-state index contributed by atoms with van der Waals surface area (Å²) in [4.78, 5) is 59.4. The molecule has 2 aliphatic rings. The zero-order chi connectivity index (χ0) is 31.3. The molecule has 0 N–H and O–H groups in total. The maximum Gasteiger partial charge on any atom is 0.339 e. The fraction of sp³-hybridized carbons (Fsp3) is 0.265. The average molecular weight is 739 g/mol. The first-order valence-corrected chi connectivity index (χ1v) is 16.4. The molecule has 1 saturated heterocycles. The summed E-state index contributed by atoms with van der Waals surface area (Å²) < 4.78 is 5.66. The van der Waals surface area contributed by atoms with Crippen LogP contribution in [0.3, 0.4) is 0 Å². The number of fused-ring (bicyclic) bond motifs is 2. The molecule has 6 rings (SSSR count). The summed E-state index contributed by atoms with van der Waals surface area (Å²) >= 11 is 13.2. The van der Waals surface area contributed by atoms with Gasteiger partial charge in [0.05, 0.1) is 34.3 Å². The normalized spacial score (nSPS) is 22.2. The molecule has 1 aliphatic carbocycles. The molecule has 1 saturated carbocycles. The molecule has 1 aliphatic heterocycles. The van der Waals surface area contributed by atoms with E-state index in [4.69, 9.17) is 21.3 Å². The smallest absolute Gasteiger partial charge is 0.339 e. The lowest BCUT2D eigenvalue weighted by atomic mass is 9.81. The quantitative estimate of drug-likeness (QED) is 0.0871. The molecule has 44 heavy (non-hydrogen) atoms. The van der Waals surface area contributed by atoms with Crippen molar-refractivity contribution in [1.29, 1.82) is 0 Å². The van der Waals surface area contributed by atoms with Crippen LogP contribution in [0.4, 0.5) is 5.69 Å². The molecule has 2 fully saturated rings. The minimum Gasteiger partial charge on any atom is -0.451 e. The molecular formula is C34H27Br2ClN2O5. The summed E-state index contributed by atoms with van der Waals surface area (Å²) in [5, 5.41) is 1.11. The van der Waals surface area contributed by atoms with Gasteiger partial charge in [-0.1, -0.05) is 73.8 Å². The Labute approximate surface area is 276 Å². The summed E-state index contributed by atoms with van der Waals surface area (Å²) in [7, 11) is 0. The number of carbonyl (C=O) groups excluding carboxylic acids is 4. The van der Waals surface area contributed by atoms with E-state index in [9.17, 15) is 19.2 Å². The summed E-state index contributed by atoms with van der Waals surface area (Å²) in [5.74, 6) is -2.03. The van der Waals surface area contributed by atoms with Crippen LogP contribution >= 0.6 is 43.5 Å². The summed E-state index contributed by atoms with van der Waals surface area (Å²) in [6, 6.07) is 20.6. The molecular weight excluding hydrogens is 712 g/mol. The van der Waals surface area contributed by atoms with Crippen LogP contribution in [0.2, 0.25) is 5.02 Å². The van der Waals surface area contributed by atoms with Gasteiger partial charge in [-0.25, -0.2) is 9.78 Å². The number of para-hydroxylation sites is 1. The highest BCUT2D eigenvalue weighted by molar-refractivity contribution is 9.12. The van der Waals surface area contributed by atoms with E-state index in [0.29, 0.717) is 51.3 Å². The van der Waals surface area contributed by atoms with Crippen molar-refractivity contribution in [3.8, 4) is 11.3 Å². The van der Waals surface area contributed by atoms with E-state index in [1.54, 1.807) is 60.7 Å². The van der Waals surface area contributed by atoms with Crippen molar-refractivity contribution < 1.29 is 23.9 Å². The van der Waals surface area contributed by atoms with Crippen LogP contribution in [0.1, 0.15) is 46.0 Å². The van der Waals surface area contributed by atoms with Gasteiger partial charge in [-0.05, 0) is 74.7 Å². The highest BCUT2D eigenvalue weighted by Gasteiger charge is 2.52. The van der Waals surface area contributed by atoms with Crippen LogP contribution in [-0.4, -0.2) is 44.3 Å². The van der Waals surface area contributed by atoms with Crippen LogP contribution in [0.5, 0.6) is 0 Å². The molecule has 2 heterocycles. The number of ether oxygens (including phenoxy) is 1. The number of Topliss-reactive ketones (excluding diaryl/α,β-unsaturated/α-hetero) is 1. The number of alkyl halides is 2. The van der Waals surface area contributed by atoms with Crippen LogP contribution < -0.4 is 4.90 Å². The van der Waals surface area contributed by atoms with E-state index in [1.807, 2.05) is 19.1 Å². The second-order valence-corrected chi connectivity index (χ2v) is 14.0. The van der Waals surface area contributed by atoms with Gasteiger partial charge >= 0.3 is 5.97 Å². The lowest BCUT2D eigenvalue weighted by Crippen LogP contribution is -2.34. The second kappa shape index (κ2) is 12.2. The predicted octanol–water partition coefficient (Wildman–Crippen LogP) is 7.72. The van der Waals surface area contributed by atoms with E-state index in [-0.39, 0.29) is 44.7 Å². The minimum atomic E-state index is -1.03. The maximum absolute atomic E-state index is 13.5. The third-order valence-corrected chi connectivity index (χ3v) is 11.4. The van der Waals surface area contributed by atoms with Gasteiger partial charge in [0.1, 0.15) is 0 Å². The Morgan fingerprint density at radius 1 is 0.932 bits per heavy atom. The van der Waals surface area contributed by atoms with Crippen LogP contribution in [0.15, 0.2) is 72.8 Å². The van der Waals surface area contributed by atoms with E-state index in [1.165, 1.54) is 11.8 Å². The van der Waals surface area contributed by atoms with Gasteiger partial charge in [0.15, 0.2) is 6.10 Å². The Kier molecular flexibility index (Phi) is 8.48. The molecule has 0 bridgehead atoms. The van der Waals surface area contributed by atoms with Crippen molar-refractivity contribution in [3.05, 3.63) is 94.5 Å². The Balaban J connectivity index is 1.29. The summed E-state index contributed by atoms with van der Waals surface area (Å²) in [5.41, 5.74) is 3.86. The summed E-state index contributed by atoms with van der Waals surface area (Å²) in [6.07, 6.45) is 0.171. The Morgan fingerprint density at radius 3 is 2.16 bits per heavy atom. The fourth-order valence-corrected chi connectivity index (χ4v) is 7.33. The van der Waals surface area contributed by atoms with Gasteiger partial charge in [0, 0.05) is 31.2 Å². The summed E-state index contributed by atoms with van der Waals surface area (Å²) in [6.45, 7) is 3.44. The van der Waals surface area contributed by atoms with E-state index >= 15 is 0 Å². The number of aryl methyl sites for hydroxylation is 1. The number of amides is 2. The third kappa shape index (κ3) is 5.61. The molecule has 10 heteroatoms. The van der Waals surface area contributed by atoms with Gasteiger partial charge in [0.2, 0.25) is 17.6 Å². The molecule has 3 aromatic carbocycles. The Hall–Kier alpha value is -3.40. The largest absolute Gasteiger partial charge is 0.451 e. The number of aromatic nitrogens is 1. The number of nitrogens with zero attached hydrogens (tertiary/aromatic N) is 2. The number of carbonyl (C=O) groups is 4. The van der Waals surface area contributed by atoms with Crippen molar-refractivity contribution in [2.45, 2.75) is 42.4 Å². The average Bonchev–Trinajstić information content (AvgIpc) is 3.25. The standard InChI is InChI=1S/C34H27Br2ClN2O5/c1-17-4-3-5-23-26(34(43)44-18(2)31(40)20-6-10-21(37)11-7-20)16-29(38-30(17)23)19-8-12-22(13-9-19)39-32(41)24-14-27(35)28(36)15-25(24)33(39)42/h3-13,16,18,24-25,27-28H,14-15H2,1-2H3. The number of imide groups is 1. The number of anilines is 1. The van der Waals surface area contributed by atoms with Crippen molar-refractivity contribution in [1.82, 2.24) is 4.98 Å². The molecule has 7 nitrogen and oxygen atoms in total. The monoisotopic (exact) mass is 736 g/mol. The number of esters is 1. The lowest BCUT2D eigenvalue weighted by Gasteiger charge is -2.29. The third-order valence-electron chi connectivity index (χ3n) is 8.38. The van der Waals surface area contributed by atoms with Crippen molar-refractivity contribution >= 4 is 83.6 Å². The SMILES string of the molecule is Cc1cccc2c(C(=O)OC(C)C(=O)c3ccc(Cl)cc3)cc(-c3ccc(N4C(=O)C5CC(Br)C(Br)CC5C4=O)cc3)nc12. The number of ketones is 1. The topological polar surface area (TPSA) is 93.6 Å². The van der Waals surface area contributed by atoms with E-state index in [0.717, 1.165) is 5.56 Å². The molecule has 1 aromatic heterocycles. The lowest BCUT2D eigenvalue weighted by molar-refractivity contribution is -0.122. The van der Waals surface area contributed by atoms with Gasteiger partial charge in [0.25, 0.3) is 0 Å². The highest BCUT2D eigenvalue weighted by atomic mass is 79.9. The Morgan fingerprint density at radius 2 is 1.55 bits per heavy atom. The molecule has 5 unspecified atom stereocenters. The maximum atomic E-state index is 13.5. The number of benzene rings is 3. The molecule has 224 valence electrons. The first-order valence-electron chi connectivity index (χ1n) is 14.2. The Bertz CT molecular complexity index is 1780. The van der Waals surface area contributed by atoms with E-state index < -0.39 is 12.1 Å². The zero-order valence-electron chi connectivity index (χ0n) is 23.8. The van der Waals surface area contributed by atoms with Gasteiger partial charge in [-0.3, -0.25) is 19.3 Å². The molecule has 2 amide bonds. The molecule has 4 aromatic rings. The predicted molar refractivity (Wildman–Crippen MR) is 177 cm³/mol. The van der Waals surface area contributed by atoms with Gasteiger partial charge in [-0.15, -0.1) is 0 Å². The van der Waals surface area contributed by atoms with Crippen LogP contribution in [0, 0.1) is 18.8 Å². The number of halogens is 3. The van der Waals surface area contributed by atoms with Crippen LogP contribution in [-0.2, 0) is 14.3 Å². The highest BCUT2D eigenvalue weighted by Crippen LogP contribution is 2.44. The molecule has 0 radical (unpaired) electrons. The molecule has 0 spiro atoms. The van der Waals surface area contributed by atoms with Crippen LogP contribution in [0.25, 0.3) is 22.2 Å². The number of rotatable bonds is 6. The van der Waals surface area contributed by atoms with Crippen molar-refractivity contribution in [3.63, 3.8) is 0 Å². The first-order chi connectivity index (χ1) is 21.0.